The molecule has 1 heterocycles. The minimum absolute atomic E-state index is 0.00419. The maximum absolute atomic E-state index is 11.7. The highest BCUT2D eigenvalue weighted by Gasteiger charge is 2.21. The molecule has 0 aromatic heterocycles. The first-order valence-corrected chi connectivity index (χ1v) is 9.46. The first kappa shape index (κ1) is 17.5. The number of unbranched alkanes of at least 4 members (excludes halogenated alkanes) is 1. The topological polar surface area (TPSA) is 35.5 Å². The number of thiol groups is 1. The minimum atomic E-state index is -0.134. The summed E-state index contributed by atoms with van der Waals surface area (Å²) in [7, 11) is 0. The fourth-order valence-corrected chi connectivity index (χ4v) is 3.51. The van der Waals surface area contributed by atoms with Crippen molar-refractivity contribution in [3.8, 4) is 5.75 Å². The molecule has 0 bridgehead atoms. The Balaban J connectivity index is 1.96. The second-order valence-corrected chi connectivity index (χ2v) is 7.14. The van der Waals surface area contributed by atoms with Gasteiger partial charge in [0.15, 0.2) is 0 Å². The molecule has 0 spiro atoms. The van der Waals surface area contributed by atoms with Crippen molar-refractivity contribution < 1.29 is 14.3 Å². The van der Waals surface area contributed by atoms with Crippen molar-refractivity contribution in [2.45, 2.75) is 50.5 Å². The van der Waals surface area contributed by atoms with E-state index in [0.717, 1.165) is 29.9 Å². The van der Waals surface area contributed by atoms with Gasteiger partial charge in [-0.2, -0.15) is 12.6 Å². The Morgan fingerprint density at radius 1 is 1.50 bits per heavy atom. The first-order chi connectivity index (χ1) is 10.6. The van der Waals surface area contributed by atoms with Gasteiger partial charge in [0.2, 0.25) is 0 Å². The number of hydrogen-bond donors (Lipinski definition) is 1. The summed E-state index contributed by atoms with van der Waals surface area (Å²) in [4.78, 5) is 11.7. The molecule has 0 amide bonds. The highest BCUT2D eigenvalue weighted by molar-refractivity contribution is 7.98. The molecule has 1 unspecified atom stereocenters. The fourth-order valence-electron chi connectivity index (χ4n) is 2.47. The second-order valence-electron chi connectivity index (χ2n) is 5.58. The summed E-state index contributed by atoms with van der Waals surface area (Å²) < 4.78 is 11.0. The molecule has 1 aromatic rings. The number of esters is 1. The summed E-state index contributed by atoms with van der Waals surface area (Å²) in [6.45, 7) is 4.69. The molecule has 0 saturated carbocycles. The molecule has 0 saturated heterocycles. The van der Waals surface area contributed by atoms with Crippen LogP contribution in [-0.4, -0.2) is 18.5 Å². The number of benzene rings is 1. The van der Waals surface area contributed by atoms with Crippen LogP contribution in [0.3, 0.4) is 0 Å². The normalized spacial score (nSPS) is 14.9. The summed E-state index contributed by atoms with van der Waals surface area (Å²) >= 11 is 6.47. The van der Waals surface area contributed by atoms with Gasteiger partial charge < -0.3 is 9.47 Å². The van der Waals surface area contributed by atoms with Gasteiger partial charge in [0, 0.05) is 28.6 Å². The predicted octanol–water partition coefficient (Wildman–Crippen LogP) is 4.67. The number of fused-ring (bicyclic) bond motifs is 1. The van der Waals surface area contributed by atoms with Gasteiger partial charge >= 0.3 is 5.97 Å². The van der Waals surface area contributed by atoms with Gasteiger partial charge in [0.1, 0.15) is 11.7 Å². The van der Waals surface area contributed by atoms with E-state index in [1.54, 1.807) is 11.8 Å². The molecule has 5 heteroatoms. The Morgan fingerprint density at radius 3 is 3.09 bits per heavy atom. The lowest BCUT2D eigenvalue weighted by atomic mass is 10.00. The molecule has 0 fully saturated rings. The van der Waals surface area contributed by atoms with E-state index in [4.69, 9.17) is 22.1 Å². The molecular weight excluding hydrogens is 316 g/mol. The minimum Gasteiger partial charge on any atom is -0.482 e. The molecule has 0 N–H and O–H groups in total. The lowest BCUT2D eigenvalue weighted by Crippen LogP contribution is -2.10. The standard InChI is InChI=1S/C17H24O3S2/c1-3-4-7-19-16(18)6-5-15(21)14-9-12(2)8-13-10-22-11-20-17(13)14/h8-9,15,21H,3-7,10-11H2,1-2H3. The average molecular weight is 341 g/mol. The van der Waals surface area contributed by atoms with Crippen LogP contribution in [0.15, 0.2) is 12.1 Å². The van der Waals surface area contributed by atoms with Gasteiger partial charge in [0.25, 0.3) is 0 Å². The van der Waals surface area contributed by atoms with E-state index in [0.29, 0.717) is 25.4 Å². The molecule has 22 heavy (non-hydrogen) atoms. The van der Waals surface area contributed by atoms with Crippen molar-refractivity contribution in [1.82, 2.24) is 0 Å². The summed E-state index contributed by atoms with van der Waals surface area (Å²) in [5, 5.41) is -0.00419. The molecule has 0 aliphatic carbocycles. The van der Waals surface area contributed by atoms with Crippen LogP contribution in [0.4, 0.5) is 0 Å². The van der Waals surface area contributed by atoms with Crippen LogP contribution in [0.25, 0.3) is 0 Å². The summed E-state index contributed by atoms with van der Waals surface area (Å²) in [5.74, 6) is 2.49. The molecule has 1 atom stereocenters. The molecule has 1 aliphatic heterocycles. The lowest BCUT2D eigenvalue weighted by molar-refractivity contribution is -0.143. The second kappa shape index (κ2) is 8.73. The Labute approximate surface area is 142 Å². The first-order valence-electron chi connectivity index (χ1n) is 7.79. The van der Waals surface area contributed by atoms with Crippen molar-refractivity contribution in [2.75, 3.05) is 12.5 Å². The zero-order chi connectivity index (χ0) is 15.9. The van der Waals surface area contributed by atoms with E-state index in [2.05, 4.69) is 26.0 Å². The van der Waals surface area contributed by atoms with Crippen LogP contribution in [-0.2, 0) is 15.3 Å². The Bertz CT molecular complexity index is 517. The van der Waals surface area contributed by atoms with E-state index in [1.165, 1.54) is 11.1 Å². The van der Waals surface area contributed by atoms with Crippen LogP contribution in [0.1, 0.15) is 54.5 Å². The molecule has 2 rings (SSSR count). The maximum atomic E-state index is 11.7. The van der Waals surface area contributed by atoms with Crippen molar-refractivity contribution >= 4 is 30.4 Å². The summed E-state index contributed by atoms with van der Waals surface area (Å²) in [6, 6.07) is 4.29. The largest absolute Gasteiger partial charge is 0.482 e. The monoisotopic (exact) mass is 340 g/mol. The number of ether oxygens (including phenoxy) is 2. The average Bonchev–Trinajstić information content (AvgIpc) is 2.52. The fraction of sp³-hybridized carbons (Fsp3) is 0.588. The zero-order valence-electron chi connectivity index (χ0n) is 13.3. The summed E-state index contributed by atoms with van der Waals surface area (Å²) in [6.07, 6.45) is 3.02. The maximum Gasteiger partial charge on any atom is 0.305 e. The molecule has 122 valence electrons. The van der Waals surface area contributed by atoms with Gasteiger partial charge in [-0.1, -0.05) is 31.0 Å². The van der Waals surface area contributed by atoms with Gasteiger partial charge in [-0.25, -0.2) is 0 Å². The van der Waals surface area contributed by atoms with Crippen molar-refractivity contribution in [3.63, 3.8) is 0 Å². The number of aryl methyl sites for hydroxylation is 1. The molecule has 1 aromatic carbocycles. The van der Waals surface area contributed by atoms with E-state index < -0.39 is 0 Å². The predicted molar refractivity (Wildman–Crippen MR) is 94.8 cm³/mol. The SMILES string of the molecule is CCCCOC(=O)CCC(S)c1cc(C)cc2c1OCSC2. The van der Waals surface area contributed by atoms with Gasteiger partial charge in [-0.15, -0.1) is 11.8 Å². The van der Waals surface area contributed by atoms with Crippen molar-refractivity contribution in [3.05, 3.63) is 28.8 Å². The van der Waals surface area contributed by atoms with Crippen molar-refractivity contribution in [2.24, 2.45) is 0 Å². The number of carbonyl (C=O) groups is 1. The highest BCUT2D eigenvalue weighted by Crippen LogP contribution is 2.40. The lowest BCUT2D eigenvalue weighted by Gasteiger charge is -2.23. The van der Waals surface area contributed by atoms with E-state index in [9.17, 15) is 4.79 Å². The number of hydrogen-bond acceptors (Lipinski definition) is 5. The van der Waals surface area contributed by atoms with Crippen molar-refractivity contribution in [1.29, 1.82) is 0 Å². The van der Waals surface area contributed by atoms with Crippen LogP contribution in [0.5, 0.6) is 5.75 Å². The molecular formula is C17H24O3S2. The van der Waals surface area contributed by atoms with E-state index >= 15 is 0 Å². The highest BCUT2D eigenvalue weighted by atomic mass is 32.2. The quantitative estimate of drug-likeness (QED) is 0.444. The molecule has 0 radical (unpaired) electrons. The summed E-state index contributed by atoms with van der Waals surface area (Å²) in [5.41, 5.74) is 3.54. The Morgan fingerprint density at radius 2 is 2.32 bits per heavy atom. The van der Waals surface area contributed by atoms with E-state index in [-0.39, 0.29) is 11.2 Å². The number of carbonyl (C=O) groups excluding carboxylic acids is 1. The third kappa shape index (κ3) is 4.85. The Kier molecular flexibility index (Phi) is 6.96. The van der Waals surface area contributed by atoms with Gasteiger partial charge in [-0.05, 0) is 19.8 Å². The Hall–Kier alpha value is -0.810. The van der Waals surface area contributed by atoms with Crippen LogP contribution in [0, 0.1) is 6.92 Å². The number of thioether (sulfide) groups is 1. The third-order valence-electron chi connectivity index (χ3n) is 3.62. The van der Waals surface area contributed by atoms with Crippen LogP contribution >= 0.6 is 24.4 Å². The third-order valence-corrected chi connectivity index (χ3v) is 4.96. The molecule has 3 nitrogen and oxygen atoms in total. The van der Waals surface area contributed by atoms with Crippen LogP contribution in [0.2, 0.25) is 0 Å². The van der Waals surface area contributed by atoms with E-state index in [1.807, 2.05) is 0 Å². The van der Waals surface area contributed by atoms with Crippen LogP contribution < -0.4 is 4.74 Å². The molecule has 1 aliphatic rings. The smallest absolute Gasteiger partial charge is 0.305 e. The number of rotatable bonds is 7. The zero-order valence-corrected chi connectivity index (χ0v) is 15.0. The van der Waals surface area contributed by atoms with Gasteiger partial charge in [0.05, 0.1) is 6.61 Å². The van der Waals surface area contributed by atoms with Gasteiger partial charge in [-0.3, -0.25) is 4.79 Å².